The molecule has 158 valence electrons. The van der Waals surface area contributed by atoms with Gasteiger partial charge in [-0.15, -0.1) is 10.2 Å². The monoisotopic (exact) mass is 422 g/mol. The van der Waals surface area contributed by atoms with E-state index in [0.29, 0.717) is 35.7 Å². The van der Waals surface area contributed by atoms with Gasteiger partial charge in [0.05, 0.1) is 5.69 Å². The second kappa shape index (κ2) is 8.74. The third-order valence-corrected chi connectivity index (χ3v) is 4.80. The zero-order valence-electron chi connectivity index (χ0n) is 16.4. The summed E-state index contributed by atoms with van der Waals surface area (Å²) in [6.07, 6.45) is 1.68. The molecule has 9 nitrogen and oxygen atoms in total. The lowest BCUT2D eigenvalue weighted by molar-refractivity contribution is 0.1000. The van der Waals surface area contributed by atoms with E-state index in [-0.39, 0.29) is 18.0 Å². The summed E-state index contributed by atoms with van der Waals surface area (Å²) >= 11 is 0. The van der Waals surface area contributed by atoms with Gasteiger partial charge in [-0.1, -0.05) is 12.1 Å². The average molecular weight is 422 g/mol. The minimum Gasteiger partial charge on any atom is -0.388 e. The Kier molecular flexibility index (Phi) is 5.69. The highest BCUT2D eigenvalue weighted by Gasteiger charge is 2.24. The number of hydrogen-bond donors (Lipinski definition) is 2. The number of nitrogens with zero attached hydrogens (tertiary/aromatic N) is 4. The largest absolute Gasteiger partial charge is 0.416 e. The van der Waals surface area contributed by atoms with Crippen molar-refractivity contribution in [3.05, 3.63) is 65.6 Å². The van der Waals surface area contributed by atoms with Crippen molar-refractivity contribution in [2.45, 2.75) is 13.0 Å². The molecule has 0 spiro atoms. The zero-order chi connectivity index (χ0) is 21.8. The SMILES string of the molecule is NC(=O)c1cccc(-c2ccc(NCc3ccnc(OC(=O)N4CCC4)c3F)nn2)c1. The molecule has 2 aromatic heterocycles. The Morgan fingerprint density at radius 1 is 1.16 bits per heavy atom. The standard InChI is InChI=1S/C21H19FN6O3/c22-18-15(7-8-24-20(18)31-21(30)28-9-2-10-28)12-25-17-6-5-16(26-27-17)13-3-1-4-14(11-13)19(23)29/h1,3-8,11H,2,9-10,12H2,(H2,23,29)(H,25,27). The molecule has 1 aliphatic rings. The maximum atomic E-state index is 14.6. The molecule has 0 aliphatic carbocycles. The van der Waals surface area contributed by atoms with Crippen LogP contribution >= 0.6 is 0 Å². The van der Waals surface area contributed by atoms with E-state index in [1.54, 1.807) is 36.4 Å². The Labute approximate surface area is 177 Å². The van der Waals surface area contributed by atoms with Gasteiger partial charge in [0.2, 0.25) is 5.91 Å². The number of benzene rings is 1. The predicted octanol–water partition coefficient (Wildman–Crippen LogP) is 2.59. The minimum absolute atomic E-state index is 0.0911. The Hall–Kier alpha value is -4.08. The van der Waals surface area contributed by atoms with Crippen molar-refractivity contribution in [3.63, 3.8) is 0 Å². The molecule has 4 rings (SSSR count). The normalized spacial score (nSPS) is 12.7. The number of carbonyl (C=O) groups is 2. The summed E-state index contributed by atoms with van der Waals surface area (Å²) in [6, 6.07) is 11.6. The maximum absolute atomic E-state index is 14.6. The molecule has 1 fully saturated rings. The molecule has 3 aromatic rings. The van der Waals surface area contributed by atoms with Crippen LogP contribution in [0, 0.1) is 5.82 Å². The zero-order valence-corrected chi connectivity index (χ0v) is 16.4. The number of hydrogen-bond acceptors (Lipinski definition) is 7. The summed E-state index contributed by atoms with van der Waals surface area (Å²) in [4.78, 5) is 28.5. The van der Waals surface area contributed by atoms with Gasteiger partial charge < -0.3 is 20.7 Å². The summed E-state index contributed by atoms with van der Waals surface area (Å²) in [6.45, 7) is 1.29. The summed E-state index contributed by atoms with van der Waals surface area (Å²) in [5.74, 6) is -1.17. The fourth-order valence-corrected chi connectivity index (χ4v) is 2.91. The second-order valence-corrected chi connectivity index (χ2v) is 6.90. The van der Waals surface area contributed by atoms with Gasteiger partial charge in [0.15, 0.2) is 5.82 Å². The predicted molar refractivity (Wildman–Crippen MR) is 110 cm³/mol. The summed E-state index contributed by atoms with van der Waals surface area (Å²) < 4.78 is 19.7. The summed E-state index contributed by atoms with van der Waals surface area (Å²) in [5.41, 5.74) is 7.20. The lowest BCUT2D eigenvalue weighted by Crippen LogP contribution is -2.43. The van der Waals surface area contributed by atoms with E-state index in [1.165, 1.54) is 17.2 Å². The molecule has 10 heteroatoms. The van der Waals surface area contributed by atoms with Crippen molar-refractivity contribution in [2.24, 2.45) is 5.73 Å². The van der Waals surface area contributed by atoms with Crippen LogP contribution in [-0.4, -0.2) is 45.2 Å². The number of nitrogens with two attached hydrogens (primary N) is 1. The number of rotatable bonds is 6. The van der Waals surface area contributed by atoms with Gasteiger partial charge in [-0.25, -0.2) is 14.2 Å². The van der Waals surface area contributed by atoms with Gasteiger partial charge in [-0.05, 0) is 36.8 Å². The molecule has 1 saturated heterocycles. The van der Waals surface area contributed by atoms with E-state index < -0.39 is 17.8 Å². The maximum Gasteiger partial charge on any atom is 0.416 e. The Morgan fingerprint density at radius 3 is 2.68 bits per heavy atom. The molecule has 0 radical (unpaired) electrons. The van der Waals surface area contributed by atoms with Crippen molar-refractivity contribution in [1.82, 2.24) is 20.1 Å². The van der Waals surface area contributed by atoms with Crippen LogP contribution in [0.3, 0.4) is 0 Å². The number of halogens is 1. The fourth-order valence-electron chi connectivity index (χ4n) is 2.91. The lowest BCUT2D eigenvalue weighted by atomic mass is 10.1. The van der Waals surface area contributed by atoms with Crippen molar-refractivity contribution >= 4 is 17.8 Å². The average Bonchev–Trinajstić information content (AvgIpc) is 2.73. The number of primary amides is 1. The van der Waals surface area contributed by atoms with Crippen molar-refractivity contribution < 1.29 is 18.7 Å². The molecular formula is C21H19FN6O3. The van der Waals surface area contributed by atoms with Crippen LogP contribution in [0.15, 0.2) is 48.7 Å². The Bertz CT molecular complexity index is 1120. The number of aromatic nitrogens is 3. The summed E-state index contributed by atoms with van der Waals surface area (Å²) in [7, 11) is 0. The van der Waals surface area contributed by atoms with Gasteiger partial charge in [-0.2, -0.15) is 0 Å². The first-order valence-corrected chi connectivity index (χ1v) is 9.59. The van der Waals surface area contributed by atoms with Crippen LogP contribution < -0.4 is 15.8 Å². The van der Waals surface area contributed by atoms with Gasteiger partial charge in [-0.3, -0.25) is 4.79 Å². The Morgan fingerprint density at radius 2 is 2.00 bits per heavy atom. The van der Waals surface area contributed by atoms with E-state index >= 15 is 0 Å². The van der Waals surface area contributed by atoms with Gasteiger partial charge >= 0.3 is 6.09 Å². The minimum atomic E-state index is -0.711. The number of carbonyl (C=O) groups excluding carboxylic acids is 2. The summed E-state index contributed by atoms with van der Waals surface area (Å²) in [5, 5.41) is 11.2. The number of nitrogens with one attached hydrogen (secondary N) is 1. The lowest BCUT2D eigenvalue weighted by Gasteiger charge is -2.29. The van der Waals surface area contributed by atoms with Gasteiger partial charge in [0.25, 0.3) is 5.88 Å². The fraction of sp³-hybridized carbons (Fsp3) is 0.190. The van der Waals surface area contributed by atoms with Crippen LogP contribution in [0.5, 0.6) is 5.88 Å². The van der Waals surface area contributed by atoms with Crippen LogP contribution in [0.4, 0.5) is 15.0 Å². The van der Waals surface area contributed by atoms with E-state index in [4.69, 9.17) is 10.5 Å². The van der Waals surface area contributed by atoms with Crippen molar-refractivity contribution in [2.75, 3.05) is 18.4 Å². The number of pyridine rings is 1. The molecule has 2 amide bonds. The van der Waals surface area contributed by atoms with Gasteiger partial charge in [0, 0.05) is 42.5 Å². The van der Waals surface area contributed by atoms with Crippen LogP contribution in [-0.2, 0) is 6.54 Å². The number of likely N-dealkylation sites (tertiary alicyclic amines) is 1. The molecule has 3 heterocycles. The highest BCUT2D eigenvalue weighted by Crippen LogP contribution is 2.21. The van der Waals surface area contributed by atoms with E-state index in [1.807, 2.05) is 0 Å². The molecule has 1 aliphatic heterocycles. The third kappa shape index (κ3) is 4.58. The van der Waals surface area contributed by atoms with Crippen LogP contribution in [0.1, 0.15) is 22.3 Å². The molecule has 3 N–H and O–H groups in total. The van der Waals surface area contributed by atoms with Crippen LogP contribution in [0.25, 0.3) is 11.3 Å². The first-order valence-electron chi connectivity index (χ1n) is 9.59. The third-order valence-electron chi connectivity index (χ3n) is 4.80. The van der Waals surface area contributed by atoms with E-state index in [9.17, 15) is 14.0 Å². The molecule has 0 atom stereocenters. The highest BCUT2D eigenvalue weighted by atomic mass is 19.1. The smallest absolute Gasteiger partial charge is 0.388 e. The van der Waals surface area contributed by atoms with Crippen molar-refractivity contribution in [3.8, 4) is 17.1 Å². The molecule has 31 heavy (non-hydrogen) atoms. The molecule has 0 bridgehead atoms. The second-order valence-electron chi connectivity index (χ2n) is 6.90. The number of anilines is 1. The van der Waals surface area contributed by atoms with E-state index in [2.05, 4.69) is 20.5 Å². The topological polar surface area (TPSA) is 123 Å². The first kappa shape index (κ1) is 20.2. The molecule has 0 unspecified atom stereocenters. The molecular weight excluding hydrogens is 403 g/mol. The Balaban J connectivity index is 1.41. The number of amides is 2. The number of ether oxygens (including phenoxy) is 1. The van der Waals surface area contributed by atoms with Crippen LogP contribution in [0.2, 0.25) is 0 Å². The van der Waals surface area contributed by atoms with Gasteiger partial charge in [0.1, 0.15) is 5.82 Å². The molecule has 0 saturated carbocycles. The first-order chi connectivity index (χ1) is 15.0. The van der Waals surface area contributed by atoms with Crippen molar-refractivity contribution in [1.29, 1.82) is 0 Å². The molecule has 1 aromatic carbocycles. The van der Waals surface area contributed by atoms with E-state index in [0.717, 1.165) is 6.42 Å². The highest BCUT2D eigenvalue weighted by molar-refractivity contribution is 5.94. The quantitative estimate of drug-likeness (QED) is 0.626.